The van der Waals surface area contributed by atoms with E-state index in [0.717, 1.165) is 24.1 Å². The summed E-state index contributed by atoms with van der Waals surface area (Å²) in [6.45, 7) is 4.35. The van der Waals surface area contributed by atoms with E-state index in [4.69, 9.17) is 4.42 Å². The van der Waals surface area contributed by atoms with Gasteiger partial charge in [-0.3, -0.25) is 4.90 Å². The zero-order valence-electron chi connectivity index (χ0n) is 11.5. The fourth-order valence-corrected chi connectivity index (χ4v) is 3.14. The number of hydrogen-bond donors (Lipinski definition) is 1. The molecule has 2 atom stereocenters. The van der Waals surface area contributed by atoms with Gasteiger partial charge in [-0.15, -0.1) is 0 Å². The molecule has 0 aromatic carbocycles. The molecular formula is C15H24N2O. The van der Waals surface area contributed by atoms with E-state index in [1.165, 1.54) is 32.2 Å². The van der Waals surface area contributed by atoms with Crippen LogP contribution in [0.15, 0.2) is 16.5 Å². The molecule has 0 spiro atoms. The highest BCUT2D eigenvalue weighted by molar-refractivity contribution is 5.12. The molecule has 1 saturated heterocycles. The molecule has 0 radical (unpaired) electrons. The van der Waals surface area contributed by atoms with Gasteiger partial charge in [0, 0.05) is 12.6 Å². The molecule has 0 amide bonds. The Bertz CT molecular complexity index is 397. The zero-order valence-corrected chi connectivity index (χ0v) is 11.5. The minimum absolute atomic E-state index is 0.457. The summed E-state index contributed by atoms with van der Waals surface area (Å²) < 4.78 is 5.88. The van der Waals surface area contributed by atoms with Crippen LogP contribution in [-0.4, -0.2) is 31.1 Å². The molecule has 2 unspecified atom stereocenters. The van der Waals surface area contributed by atoms with Crippen LogP contribution < -0.4 is 5.32 Å². The number of furan rings is 1. The Hall–Kier alpha value is -0.800. The third-order valence-corrected chi connectivity index (χ3v) is 4.31. The molecular weight excluding hydrogens is 224 g/mol. The summed E-state index contributed by atoms with van der Waals surface area (Å²) in [5.41, 5.74) is 0. The molecule has 1 aromatic heterocycles. The van der Waals surface area contributed by atoms with Gasteiger partial charge in [0.25, 0.3) is 0 Å². The van der Waals surface area contributed by atoms with Crippen molar-refractivity contribution in [2.24, 2.45) is 5.92 Å². The van der Waals surface area contributed by atoms with Gasteiger partial charge in [0.1, 0.15) is 11.5 Å². The lowest BCUT2D eigenvalue weighted by Gasteiger charge is -2.38. The maximum Gasteiger partial charge on any atom is 0.121 e. The lowest BCUT2D eigenvalue weighted by Crippen LogP contribution is -2.40. The fourth-order valence-electron chi connectivity index (χ4n) is 3.14. The first-order chi connectivity index (χ1) is 8.74. The van der Waals surface area contributed by atoms with Gasteiger partial charge in [-0.1, -0.05) is 0 Å². The van der Waals surface area contributed by atoms with Crippen molar-refractivity contribution in [1.82, 2.24) is 10.2 Å². The zero-order chi connectivity index (χ0) is 12.5. The van der Waals surface area contributed by atoms with Gasteiger partial charge >= 0.3 is 0 Å². The second kappa shape index (κ2) is 5.06. The minimum atomic E-state index is 0.457. The second-order valence-electron chi connectivity index (χ2n) is 5.96. The van der Waals surface area contributed by atoms with Gasteiger partial charge in [0.2, 0.25) is 0 Å². The Morgan fingerprint density at radius 3 is 2.83 bits per heavy atom. The summed E-state index contributed by atoms with van der Waals surface area (Å²) in [6, 6.07) is 5.50. The highest BCUT2D eigenvalue weighted by atomic mass is 16.3. The van der Waals surface area contributed by atoms with Gasteiger partial charge in [-0.05, 0) is 64.3 Å². The van der Waals surface area contributed by atoms with E-state index in [9.17, 15) is 0 Å². The monoisotopic (exact) mass is 248 g/mol. The summed E-state index contributed by atoms with van der Waals surface area (Å²) in [7, 11) is 2.23. The minimum Gasteiger partial charge on any atom is -0.465 e. The molecule has 1 aliphatic carbocycles. The summed E-state index contributed by atoms with van der Waals surface area (Å²) in [4.78, 5) is 2.46. The molecule has 2 fully saturated rings. The number of rotatable bonds is 4. The molecule has 2 heterocycles. The van der Waals surface area contributed by atoms with Crippen LogP contribution >= 0.6 is 0 Å². The van der Waals surface area contributed by atoms with Gasteiger partial charge in [0.05, 0.1) is 6.04 Å². The molecule has 3 nitrogen and oxygen atoms in total. The van der Waals surface area contributed by atoms with E-state index < -0.39 is 0 Å². The fraction of sp³-hybridized carbons (Fsp3) is 0.733. The van der Waals surface area contributed by atoms with E-state index >= 15 is 0 Å². The number of piperidine rings is 1. The van der Waals surface area contributed by atoms with Crippen molar-refractivity contribution in [3.05, 3.63) is 23.7 Å². The van der Waals surface area contributed by atoms with Gasteiger partial charge < -0.3 is 9.73 Å². The molecule has 1 N–H and O–H groups in total. The number of nitrogens with zero attached hydrogens (tertiary/aromatic N) is 1. The maximum atomic E-state index is 5.88. The third-order valence-electron chi connectivity index (χ3n) is 4.31. The lowest BCUT2D eigenvalue weighted by molar-refractivity contribution is 0.100. The predicted octanol–water partition coefficient (Wildman–Crippen LogP) is 2.72. The van der Waals surface area contributed by atoms with E-state index in [2.05, 4.69) is 29.4 Å². The average molecular weight is 248 g/mol. The van der Waals surface area contributed by atoms with E-state index in [1.54, 1.807) is 0 Å². The molecule has 3 rings (SSSR count). The van der Waals surface area contributed by atoms with Crippen molar-refractivity contribution < 1.29 is 4.42 Å². The average Bonchev–Trinajstić information content (AvgIpc) is 3.09. The maximum absolute atomic E-state index is 5.88. The SMILES string of the molecule is Cc1ccc(C2C(CNC3CC3)CCCN2C)o1. The van der Waals surface area contributed by atoms with Crippen molar-refractivity contribution in [2.45, 2.75) is 44.7 Å². The van der Waals surface area contributed by atoms with Crippen LogP contribution in [0.5, 0.6) is 0 Å². The number of hydrogen-bond acceptors (Lipinski definition) is 3. The van der Waals surface area contributed by atoms with Crippen LogP contribution in [0.4, 0.5) is 0 Å². The van der Waals surface area contributed by atoms with Crippen molar-refractivity contribution in [3.8, 4) is 0 Å². The van der Waals surface area contributed by atoms with Gasteiger partial charge in [-0.25, -0.2) is 0 Å². The molecule has 2 aliphatic rings. The molecule has 1 saturated carbocycles. The Labute approximate surface area is 110 Å². The summed E-state index contributed by atoms with van der Waals surface area (Å²) in [5.74, 6) is 2.87. The van der Waals surface area contributed by atoms with Crippen LogP contribution in [0, 0.1) is 12.8 Å². The molecule has 1 aromatic rings. The Morgan fingerprint density at radius 1 is 1.33 bits per heavy atom. The molecule has 1 aliphatic heterocycles. The number of aryl methyl sites for hydroxylation is 1. The smallest absolute Gasteiger partial charge is 0.121 e. The van der Waals surface area contributed by atoms with Crippen LogP contribution in [0.2, 0.25) is 0 Å². The normalized spacial score (nSPS) is 29.7. The number of likely N-dealkylation sites (tertiary alicyclic amines) is 1. The third kappa shape index (κ3) is 2.62. The molecule has 100 valence electrons. The van der Waals surface area contributed by atoms with E-state index in [1.807, 2.05) is 6.92 Å². The standard InChI is InChI=1S/C15H24N2O/c1-11-5-8-14(18-11)15-12(4-3-9-17(15)2)10-16-13-6-7-13/h5,8,12-13,15-16H,3-4,6-7,9-10H2,1-2H3. The molecule has 3 heteroatoms. The first-order valence-electron chi connectivity index (χ1n) is 7.24. The van der Waals surface area contributed by atoms with Crippen LogP contribution in [0.25, 0.3) is 0 Å². The Morgan fingerprint density at radius 2 is 2.17 bits per heavy atom. The molecule has 0 bridgehead atoms. The number of nitrogens with one attached hydrogen (secondary N) is 1. The van der Waals surface area contributed by atoms with Crippen LogP contribution in [0.1, 0.15) is 43.2 Å². The van der Waals surface area contributed by atoms with Gasteiger partial charge in [-0.2, -0.15) is 0 Å². The van der Waals surface area contributed by atoms with Crippen molar-refractivity contribution in [3.63, 3.8) is 0 Å². The first-order valence-corrected chi connectivity index (χ1v) is 7.24. The first kappa shape index (κ1) is 12.2. The van der Waals surface area contributed by atoms with Crippen molar-refractivity contribution in [1.29, 1.82) is 0 Å². The Balaban J connectivity index is 1.71. The van der Waals surface area contributed by atoms with Crippen LogP contribution in [-0.2, 0) is 0 Å². The van der Waals surface area contributed by atoms with Crippen molar-refractivity contribution >= 4 is 0 Å². The second-order valence-corrected chi connectivity index (χ2v) is 5.96. The predicted molar refractivity (Wildman–Crippen MR) is 72.6 cm³/mol. The van der Waals surface area contributed by atoms with E-state index in [-0.39, 0.29) is 0 Å². The quantitative estimate of drug-likeness (QED) is 0.888. The summed E-state index contributed by atoms with van der Waals surface area (Å²) in [5, 5.41) is 3.69. The van der Waals surface area contributed by atoms with Crippen molar-refractivity contribution in [2.75, 3.05) is 20.1 Å². The molecule has 18 heavy (non-hydrogen) atoms. The summed E-state index contributed by atoms with van der Waals surface area (Å²) in [6.07, 6.45) is 5.36. The lowest BCUT2D eigenvalue weighted by atomic mass is 9.88. The Kier molecular flexibility index (Phi) is 3.44. The highest BCUT2D eigenvalue weighted by Gasteiger charge is 2.33. The van der Waals surface area contributed by atoms with Crippen LogP contribution in [0.3, 0.4) is 0 Å². The largest absolute Gasteiger partial charge is 0.465 e. The topological polar surface area (TPSA) is 28.4 Å². The van der Waals surface area contributed by atoms with Gasteiger partial charge in [0.15, 0.2) is 0 Å². The highest BCUT2D eigenvalue weighted by Crippen LogP contribution is 2.36. The summed E-state index contributed by atoms with van der Waals surface area (Å²) >= 11 is 0. The van der Waals surface area contributed by atoms with E-state index in [0.29, 0.717) is 12.0 Å².